The SMILES string of the molecule is C=C(Cc1ccc(C)c([N+](=O)[O-])c1)C(=O)OC(C)(C)C. The Balaban J connectivity index is 2.84. The first kappa shape index (κ1) is 15.9. The van der Waals surface area contributed by atoms with Gasteiger partial charge in [-0.3, -0.25) is 10.1 Å². The van der Waals surface area contributed by atoms with Crippen molar-refractivity contribution in [2.45, 2.75) is 39.7 Å². The van der Waals surface area contributed by atoms with Gasteiger partial charge in [0, 0.05) is 23.6 Å². The van der Waals surface area contributed by atoms with E-state index >= 15 is 0 Å². The number of ether oxygens (including phenoxy) is 1. The first-order chi connectivity index (χ1) is 9.10. The van der Waals surface area contributed by atoms with Gasteiger partial charge in [-0.25, -0.2) is 4.79 Å². The molecule has 0 saturated carbocycles. The molecule has 0 aliphatic rings. The number of benzene rings is 1. The van der Waals surface area contributed by atoms with E-state index in [4.69, 9.17) is 4.74 Å². The summed E-state index contributed by atoms with van der Waals surface area (Å²) in [4.78, 5) is 22.2. The molecule has 0 fully saturated rings. The molecule has 1 aromatic carbocycles. The van der Waals surface area contributed by atoms with E-state index in [-0.39, 0.29) is 17.7 Å². The number of hydrogen-bond acceptors (Lipinski definition) is 4. The van der Waals surface area contributed by atoms with Gasteiger partial charge in [0.05, 0.1) is 4.92 Å². The Labute approximate surface area is 118 Å². The van der Waals surface area contributed by atoms with Crippen LogP contribution in [0.5, 0.6) is 0 Å². The summed E-state index contributed by atoms with van der Waals surface area (Å²) in [5.41, 5.74) is 0.983. The van der Waals surface area contributed by atoms with Gasteiger partial charge >= 0.3 is 5.97 Å². The molecule has 108 valence electrons. The van der Waals surface area contributed by atoms with Gasteiger partial charge in [0.15, 0.2) is 0 Å². The Morgan fingerprint density at radius 2 is 2.00 bits per heavy atom. The third-order valence-electron chi connectivity index (χ3n) is 2.58. The minimum atomic E-state index is -0.584. The van der Waals surface area contributed by atoms with Crippen molar-refractivity contribution in [2.75, 3.05) is 0 Å². The molecule has 20 heavy (non-hydrogen) atoms. The molecule has 0 bridgehead atoms. The zero-order chi connectivity index (χ0) is 15.5. The molecule has 0 aliphatic heterocycles. The van der Waals surface area contributed by atoms with E-state index in [0.717, 1.165) is 0 Å². The highest BCUT2D eigenvalue weighted by Crippen LogP contribution is 2.21. The van der Waals surface area contributed by atoms with Crippen LogP contribution in [0.2, 0.25) is 0 Å². The summed E-state index contributed by atoms with van der Waals surface area (Å²) in [6.45, 7) is 10.7. The molecule has 0 amide bonds. The largest absolute Gasteiger partial charge is 0.457 e. The summed E-state index contributed by atoms with van der Waals surface area (Å²) >= 11 is 0. The molecule has 0 atom stereocenters. The molecule has 0 saturated heterocycles. The summed E-state index contributed by atoms with van der Waals surface area (Å²) < 4.78 is 5.20. The first-order valence-electron chi connectivity index (χ1n) is 6.25. The summed E-state index contributed by atoms with van der Waals surface area (Å²) in [5, 5.41) is 10.9. The predicted octanol–water partition coefficient (Wildman–Crippen LogP) is 3.34. The average molecular weight is 277 g/mol. The Morgan fingerprint density at radius 1 is 1.40 bits per heavy atom. The molecule has 0 radical (unpaired) electrons. The summed E-state index contributed by atoms with van der Waals surface area (Å²) in [6.07, 6.45) is 0.232. The highest BCUT2D eigenvalue weighted by Gasteiger charge is 2.19. The van der Waals surface area contributed by atoms with Gasteiger partial charge in [0.1, 0.15) is 5.60 Å². The number of nitro benzene ring substituents is 1. The van der Waals surface area contributed by atoms with Crippen molar-refractivity contribution in [3.63, 3.8) is 0 Å². The van der Waals surface area contributed by atoms with Gasteiger partial charge in [-0.1, -0.05) is 18.7 Å². The van der Waals surface area contributed by atoms with Crippen molar-refractivity contribution in [1.82, 2.24) is 0 Å². The molecule has 0 aliphatic carbocycles. The van der Waals surface area contributed by atoms with Crippen molar-refractivity contribution in [3.05, 3.63) is 51.6 Å². The second kappa shape index (κ2) is 5.86. The zero-order valence-electron chi connectivity index (χ0n) is 12.2. The third kappa shape index (κ3) is 4.50. The second-order valence-corrected chi connectivity index (χ2v) is 5.66. The molecule has 0 unspecified atom stereocenters. The topological polar surface area (TPSA) is 69.4 Å². The Hall–Kier alpha value is -2.17. The van der Waals surface area contributed by atoms with Crippen molar-refractivity contribution in [1.29, 1.82) is 0 Å². The lowest BCUT2D eigenvalue weighted by molar-refractivity contribution is -0.385. The maximum Gasteiger partial charge on any atom is 0.334 e. The van der Waals surface area contributed by atoms with Crippen molar-refractivity contribution < 1.29 is 14.5 Å². The van der Waals surface area contributed by atoms with Crippen LogP contribution in [0.1, 0.15) is 31.9 Å². The molecular weight excluding hydrogens is 258 g/mol. The van der Waals surface area contributed by atoms with Crippen LogP contribution in [0.15, 0.2) is 30.4 Å². The fourth-order valence-corrected chi connectivity index (χ4v) is 1.63. The Kier molecular flexibility index (Phi) is 4.65. The number of carbonyl (C=O) groups excluding carboxylic acids is 1. The van der Waals surface area contributed by atoms with Gasteiger partial charge in [0.25, 0.3) is 5.69 Å². The third-order valence-corrected chi connectivity index (χ3v) is 2.58. The number of esters is 1. The van der Waals surface area contributed by atoms with E-state index in [1.54, 1.807) is 39.8 Å². The van der Waals surface area contributed by atoms with Crippen LogP contribution in [0.25, 0.3) is 0 Å². The molecule has 5 nitrogen and oxygen atoms in total. The first-order valence-corrected chi connectivity index (χ1v) is 6.25. The van der Waals surface area contributed by atoms with Crippen LogP contribution < -0.4 is 0 Å². The average Bonchev–Trinajstić information content (AvgIpc) is 2.28. The van der Waals surface area contributed by atoms with Crippen LogP contribution in [-0.2, 0) is 16.0 Å². The zero-order valence-corrected chi connectivity index (χ0v) is 12.2. The maximum atomic E-state index is 11.8. The predicted molar refractivity (Wildman–Crippen MR) is 76.5 cm³/mol. The van der Waals surface area contributed by atoms with Crippen LogP contribution in [-0.4, -0.2) is 16.5 Å². The van der Waals surface area contributed by atoms with Crippen molar-refractivity contribution >= 4 is 11.7 Å². The molecule has 0 heterocycles. The van der Waals surface area contributed by atoms with Gasteiger partial charge < -0.3 is 4.74 Å². The van der Waals surface area contributed by atoms with E-state index in [1.165, 1.54) is 6.07 Å². The molecular formula is C15H19NO4. The standard InChI is InChI=1S/C15H19NO4/c1-10-6-7-12(9-13(10)16(18)19)8-11(2)14(17)20-15(3,4)5/h6-7,9H,2,8H2,1,3-5H3. The molecule has 0 N–H and O–H groups in total. The van der Waals surface area contributed by atoms with E-state index in [1.807, 2.05) is 0 Å². The highest BCUT2D eigenvalue weighted by molar-refractivity contribution is 5.88. The highest BCUT2D eigenvalue weighted by atomic mass is 16.6. The van der Waals surface area contributed by atoms with E-state index in [2.05, 4.69) is 6.58 Å². The van der Waals surface area contributed by atoms with Crippen LogP contribution in [0.4, 0.5) is 5.69 Å². The fraction of sp³-hybridized carbons (Fsp3) is 0.400. The van der Waals surface area contributed by atoms with E-state index in [0.29, 0.717) is 11.1 Å². The molecule has 1 rings (SSSR count). The van der Waals surface area contributed by atoms with E-state index in [9.17, 15) is 14.9 Å². The lowest BCUT2D eigenvalue weighted by Crippen LogP contribution is -2.25. The number of hydrogen-bond donors (Lipinski definition) is 0. The number of nitrogens with zero attached hydrogens (tertiary/aromatic N) is 1. The van der Waals surface area contributed by atoms with Crippen molar-refractivity contribution in [2.24, 2.45) is 0 Å². The minimum absolute atomic E-state index is 0.0412. The lowest BCUT2D eigenvalue weighted by atomic mass is 10.0. The fourth-order valence-electron chi connectivity index (χ4n) is 1.63. The number of carbonyl (C=O) groups is 1. The molecule has 1 aromatic rings. The van der Waals surface area contributed by atoms with Crippen LogP contribution in [0, 0.1) is 17.0 Å². The number of nitro groups is 1. The Morgan fingerprint density at radius 3 is 2.50 bits per heavy atom. The van der Waals surface area contributed by atoms with Crippen molar-refractivity contribution in [3.8, 4) is 0 Å². The lowest BCUT2D eigenvalue weighted by Gasteiger charge is -2.20. The monoisotopic (exact) mass is 277 g/mol. The van der Waals surface area contributed by atoms with Crippen LogP contribution >= 0.6 is 0 Å². The summed E-state index contributed by atoms with van der Waals surface area (Å²) in [6, 6.07) is 4.87. The molecule has 5 heteroatoms. The molecule has 0 aromatic heterocycles. The Bertz CT molecular complexity index is 555. The smallest absolute Gasteiger partial charge is 0.334 e. The summed E-state index contributed by atoms with van der Waals surface area (Å²) in [7, 11) is 0. The quantitative estimate of drug-likeness (QED) is 0.366. The van der Waals surface area contributed by atoms with Crippen LogP contribution in [0.3, 0.4) is 0 Å². The van der Waals surface area contributed by atoms with Gasteiger partial charge in [-0.2, -0.15) is 0 Å². The minimum Gasteiger partial charge on any atom is -0.457 e. The van der Waals surface area contributed by atoms with Gasteiger partial charge in [-0.05, 0) is 33.3 Å². The molecule has 0 spiro atoms. The maximum absolute atomic E-state index is 11.8. The van der Waals surface area contributed by atoms with E-state index < -0.39 is 16.5 Å². The van der Waals surface area contributed by atoms with Gasteiger partial charge in [-0.15, -0.1) is 0 Å². The number of aryl methyl sites for hydroxylation is 1. The second-order valence-electron chi connectivity index (χ2n) is 5.66. The normalized spacial score (nSPS) is 11.0. The van der Waals surface area contributed by atoms with Gasteiger partial charge in [0.2, 0.25) is 0 Å². The summed E-state index contributed by atoms with van der Waals surface area (Å²) in [5.74, 6) is -0.485. The number of rotatable bonds is 4.